The molecule has 0 spiro atoms. The Labute approximate surface area is 111 Å². The molecule has 1 aromatic heterocycles. The molecule has 0 fully saturated rings. The van der Waals surface area contributed by atoms with Gasteiger partial charge >= 0.3 is 5.97 Å². The van der Waals surface area contributed by atoms with Crippen LogP contribution < -0.4 is 5.32 Å². The molecule has 0 atom stereocenters. The van der Waals surface area contributed by atoms with Gasteiger partial charge in [-0.1, -0.05) is 0 Å². The molecule has 0 aliphatic heterocycles. The first kappa shape index (κ1) is 13.9. The minimum absolute atomic E-state index is 0.0204. The molecule has 0 saturated heterocycles. The van der Waals surface area contributed by atoms with Crippen LogP contribution in [0, 0.1) is 24.4 Å². The minimum atomic E-state index is -1.55. The highest BCUT2D eigenvalue weighted by atomic mass is 19.2. The third kappa shape index (κ3) is 2.71. The quantitative estimate of drug-likeness (QED) is 0.848. The van der Waals surface area contributed by atoms with E-state index in [0.717, 1.165) is 12.1 Å². The van der Waals surface area contributed by atoms with Crippen molar-refractivity contribution in [2.45, 2.75) is 6.92 Å². The lowest BCUT2D eigenvalue weighted by atomic mass is 10.2. The Morgan fingerprint density at radius 3 is 2.30 bits per heavy atom. The van der Waals surface area contributed by atoms with Crippen molar-refractivity contribution in [1.29, 1.82) is 0 Å². The summed E-state index contributed by atoms with van der Waals surface area (Å²) in [4.78, 5) is 14.8. The van der Waals surface area contributed by atoms with Crippen LogP contribution in [-0.4, -0.2) is 16.1 Å². The molecular weight excluding hydrogens is 273 g/mol. The minimum Gasteiger partial charge on any atom is -0.478 e. The Bertz CT molecular complexity index is 666. The number of hydrogen-bond acceptors (Lipinski definition) is 3. The van der Waals surface area contributed by atoms with Crippen LogP contribution in [0.2, 0.25) is 0 Å². The van der Waals surface area contributed by atoms with Crippen LogP contribution in [0.25, 0.3) is 0 Å². The molecule has 4 nitrogen and oxygen atoms in total. The highest BCUT2D eigenvalue weighted by Crippen LogP contribution is 2.21. The molecule has 2 aromatic rings. The standard InChI is InChI=1S/C13H9F3N2O2/c1-6-8(13(19)20)2-3-11(17-6)18-7-4-9(14)12(16)10(15)5-7/h2-5H,1H3,(H,17,18)(H,19,20). The Kier molecular flexibility index (Phi) is 3.60. The van der Waals surface area contributed by atoms with Crippen molar-refractivity contribution in [2.75, 3.05) is 5.32 Å². The molecule has 0 bridgehead atoms. The van der Waals surface area contributed by atoms with Crippen LogP contribution >= 0.6 is 0 Å². The molecule has 20 heavy (non-hydrogen) atoms. The Morgan fingerprint density at radius 1 is 1.20 bits per heavy atom. The average Bonchev–Trinajstić information content (AvgIpc) is 2.35. The molecule has 2 N–H and O–H groups in total. The maximum absolute atomic E-state index is 13.0. The molecule has 0 radical (unpaired) electrons. The van der Waals surface area contributed by atoms with Crippen molar-refractivity contribution in [2.24, 2.45) is 0 Å². The number of carboxylic acid groups (broad SMARTS) is 1. The monoisotopic (exact) mass is 282 g/mol. The molecular formula is C13H9F3N2O2. The summed E-state index contributed by atoms with van der Waals surface area (Å²) in [5.74, 6) is -5.14. The summed E-state index contributed by atoms with van der Waals surface area (Å²) in [7, 11) is 0. The van der Waals surface area contributed by atoms with E-state index >= 15 is 0 Å². The van der Waals surface area contributed by atoms with Crippen molar-refractivity contribution in [3.05, 3.63) is 53.0 Å². The fourth-order valence-corrected chi connectivity index (χ4v) is 1.63. The summed E-state index contributed by atoms with van der Waals surface area (Å²) >= 11 is 0. The van der Waals surface area contributed by atoms with E-state index < -0.39 is 23.4 Å². The lowest BCUT2D eigenvalue weighted by molar-refractivity contribution is 0.0695. The molecule has 104 valence electrons. The topological polar surface area (TPSA) is 62.2 Å². The zero-order valence-electron chi connectivity index (χ0n) is 10.2. The number of halogens is 3. The number of benzene rings is 1. The van der Waals surface area contributed by atoms with Crippen molar-refractivity contribution in [3.63, 3.8) is 0 Å². The van der Waals surface area contributed by atoms with E-state index in [2.05, 4.69) is 10.3 Å². The van der Waals surface area contributed by atoms with Gasteiger partial charge in [-0.2, -0.15) is 0 Å². The van der Waals surface area contributed by atoms with Gasteiger partial charge in [-0.25, -0.2) is 22.9 Å². The molecule has 1 aromatic carbocycles. The number of pyridine rings is 1. The number of anilines is 2. The highest BCUT2D eigenvalue weighted by molar-refractivity contribution is 5.89. The number of carbonyl (C=O) groups is 1. The van der Waals surface area contributed by atoms with Gasteiger partial charge in [0.15, 0.2) is 17.5 Å². The van der Waals surface area contributed by atoms with Crippen LogP contribution in [-0.2, 0) is 0 Å². The maximum atomic E-state index is 13.0. The molecule has 0 unspecified atom stereocenters. The first-order valence-electron chi connectivity index (χ1n) is 5.51. The van der Waals surface area contributed by atoms with Crippen LogP contribution in [0.4, 0.5) is 24.7 Å². The highest BCUT2D eigenvalue weighted by Gasteiger charge is 2.12. The molecule has 0 saturated carbocycles. The summed E-state index contributed by atoms with van der Waals surface area (Å²) in [5.41, 5.74) is 0.231. The summed E-state index contributed by atoms with van der Waals surface area (Å²) < 4.78 is 38.9. The van der Waals surface area contributed by atoms with E-state index in [4.69, 9.17) is 5.11 Å². The van der Waals surface area contributed by atoms with E-state index in [-0.39, 0.29) is 22.8 Å². The van der Waals surface area contributed by atoms with Crippen molar-refractivity contribution in [3.8, 4) is 0 Å². The Balaban J connectivity index is 2.31. The number of aromatic nitrogens is 1. The zero-order chi connectivity index (χ0) is 14.9. The molecule has 0 aliphatic rings. The number of nitrogens with one attached hydrogen (secondary N) is 1. The van der Waals surface area contributed by atoms with Crippen molar-refractivity contribution < 1.29 is 23.1 Å². The van der Waals surface area contributed by atoms with Gasteiger partial charge in [-0.3, -0.25) is 0 Å². The van der Waals surface area contributed by atoms with Gasteiger partial charge in [0.25, 0.3) is 0 Å². The molecule has 1 heterocycles. The number of rotatable bonds is 3. The lowest BCUT2D eigenvalue weighted by Gasteiger charge is -2.08. The molecule has 0 aliphatic carbocycles. The van der Waals surface area contributed by atoms with Gasteiger partial charge in [0.05, 0.1) is 11.3 Å². The van der Waals surface area contributed by atoms with E-state index in [9.17, 15) is 18.0 Å². The van der Waals surface area contributed by atoms with Crippen LogP contribution in [0.3, 0.4) is 0 Å². The number of aryl methyl sites for hydroxylation is 1. The van der Waals surface area contributed by atoms with E-state index in [1.807, 2.05) is 0 Å². The van der Waals surface area contributed by atoms with Gasteiger partial charge in [-0.05, 0) is 19.1 Å². The molecule has 7 heteroatoms. The Hall–Kier alpha value is -2.57. The molecule has 2 rings (SSSR count). The number of nitrogens with zero attached hydrogens (tertiary/aromatic N) is 1. The normalized spacial score (nSPS) is 10.4. The lowest BCUT2D eigenvalue weighted by Crippen LogP contribution is -2.04. The fraction of sp³-hybridized carbons (Fsp3) is 0.0769. The second kappa shape index (κ2) is 5.20. The third-order valence-electron chi connectivity index (χ3n) is 2.57. The fourth-order valence-electron chi connectivity index (χ4n) is 1.63. The second-order valence-corrected chi connectivity index (χ2v) is 4.01. The SMILES string of the molecule is Cc1nc(Nc2cc(F)c(F)c(F)c2)ccc1C(=O)O. The zero-order valence-corrected chi connectivity index (χ0v) is 10.2. The second-order valence-electron chi connectivity index (χ2n) is 4.01. The van der Waals surface area contributed by atoms with Gasteiger partial charge < -0.3 is 10.4 Å². The first-order chi connectivity index (χ1) is 9.38. The average molecular weight is 282 g/mol. The van der Waals surface area contributed by atoms with Crippen LogP contribution in [0.15, 0.2) is 24.3 Å². The maximum Gasteiger partial charge on any atom is 0.337 e. The van der Waals surface area contributed by atoms with Crippen LogP contribution in [0.5, 0.6) is 0 Å². The van der Waals surface area contributed by atoms with Crippen molar-refractivity contribution >= 4 is 17.5 Å². The van der Waals surface area contributed by atoms with Crippen LogP contribution in [0.1, 0.15) is 16.1 Å². The Morgan fingerprint density at radius 2 is 1.80 bits per heavy atom. The third-order valence-corrected chi connectivity index (χ3v) is 2.57. The van der Waals surface area contributed by atoms with Gasteiger partial charge in [-0.15, -0.1) is 0 Å². The molecule has 0 amide bonds. The summed E-state index contributed by atoms with van der Waals surface area (Å²) in [6.07, 6.45) is 0. The number of carboxylic acids is 1. The number of aromatic carboxylic acids is 1. The first-order valence-corrected chi connectivity index (χ1v) is 5.51. The predicted molar refractivity (Wildman–Crippen MR) is 65.5 cm³/mol. The summed E-state index contributed by atoms with van der Waals surface area (Å²) in [6.45, 7) is 1.49. The summed E-state index contributed by atoms with van der Waals surface area (Å²) in [5, 5.41) is 11.4. The van der Waals surface area contributed by atoms with Gasteiger partial charge in [0, 0.05) is 17.8 Å². The predicted octanol–water partition coefficient (Wildman–Crippen LogP) is 3.25. The van der Waals surface area contributed by atoms with E-state index in [1.165, 1.54) is 19.1 Å². The van der Waals surface area contributed by atoms with E-state index in [0.29, 0.717) is 0 Å². The smallest absolute Gasteiger partial charge is 0.337 e. The number of hydrogen-bond donors (Lipinski definition) is 2. The van der Waals surface area contributed by atoms with E-state index in [1.54, 1.807) is 0 Å². The van der Waals surface area contributed by atoms with Gasteiger partial charge in [0.2, 0.25) is 0 Å². The van der Waals surface area contributed by atoms with Gasteiger partial charge in [0.1, 0.15) is 5.82 Å². The van der Waals surface area contributed by atoms with Crippen molar-refractivity contribution in [1.82, 2.24) is 4.98 Å². The largest absolute Gasteiger partial charge is 0.478 e. The summed E-state index contributed by atoms with van der Waals surface area (Å²) in [6, 6.07) is 4.21.